The molecule has 1 aromatic carbocycles. The monoisotopic (exact) mass is 242 g/mol. The molecule has 1 heterocycles. The number of hydrogen-bond donors (Lipinski definition) is 0. The molecule has 0 saturated heterocycles. The van der Waals surface area contributed by atoms with Crippen LogP contribution in [-0.2, 0) is 11.2 Å². The number of Topliss-reactive ketones (excluding diaryl/α,β-unsaturated/α-hetero) is 1. The third kappa shape index (κ3) is 1.96. The predicted molar refractivity (Wildman–Crippen MR) is 71.7 cm³/mol. The van der Waals surface area contributed by atoms with Gasteiger partial charge in [-0.05, 0) is 49.9 Å². The molecule has 0 N–H and O–H groups in total. The molecule has 0 amide bonds. The zero-order valence-electron chi connectivity index (χ0n) is 11.0. The average Bonchev–Trinajstić information content (AvgIpc) is 2.62. The van der Waals surface area contributed by atoms with Gasteiger partial charge >= 0.3 is 0 Å². The lowest BCUT2D eigenvalue weighted by Crippen LogP contribution is -2.24. The second kappa shape index (κ2) is 3.98. The zero-order chi connectivity index (χ0) is 12.8. The normalized spacial score (nSPS) is 21.2. The summed E-state index contributed by atoms with van der Waals surface area (Å²) in [6.45, 7) is 4.19. The highest BCUT2D eigenvalue weighted by Gasteiger charge is 2.30. The summed E-state index contributed by atoms with van der Waals surface area (Å²) in [5.74, 6) is 1.24. The molecule has 94 valence electrons. The Morgan fingerprint density at radius 3 is 2.89 bits per heavy atom. The first-order valence-corrected chi connectivity index (χ1v) is 6.61. The minimum atomic E-state index is -0.119. The molecule has 3 rings (SSSR count). The number of rotatable bonds is 1. The maximum atomic E-state index is 11.9. The molecule has 1 aliphatic heterocycles. The molecule has 1 aromatic rings. The fourth-order valence-corrected chi connectivity index (χ4v) is 2.81. The minimum absolute atomic E-state index is 0.119. The van der Waals surface area contributed by atoms with E-state index in [1.54, 1.807) is 0 Å². The smallest absolute Gasteiger partial charge is 0.163 e. The maximum absolute atomic E-state index is 11.9. The molecule has 2 heteroatoms. The Hall–Kier alpha value is -1.57. The molecule has 0 bridgehead atoms. The molecule has 0 spiro atoms. The van der Waals surface area contributed by atoms with E-state index < -0.39 is 0 Å². The highest BCUT2D eigenvalue weighted by molar-refractivity contribution is 6.21. The first-order valence-electron chi connectivity index (χ1n) is 6.61. The number of benzene rings is 1. The van der Waals surface area contributed by atoms with Crippen molar-refractivity contribution in [2.24, 2.45) is 0 Å². The molecular formula is C16H18O2. The second-order valence-corrected chi connectivity index (χ2v) is 5.79. The predicted octanol–water partition coefficient (Wildman–Crippen LogP) is 3.54. The molecule has 0 atom stereocenters. The van der Waals surface area contributed by atoms with E-state index in [9.17, 15) is 4.79 Å². The van der Waals surface area contributed by atoms with Crippen LogP contribution >= 0.6 is 0 Å². The number of allylic oxidation sites excluding steroid dienone is 2. The molecule has 2 nitrogen and oxygen atoms in total. The number of fused-ring (bicyclic) bond motifs is 1. The fourth-order valence-electron chi connectivity index (χ4n) is 2.81. The van der Waals surface area contributed by atoms with E-state index in [1.165, 1.54) is 5.56 Å². The summed E-state index contributed by atoms with van der Waals surface area (Å²) in [6, 6.07) is 6.14. The van der Waals surface area contributed by atoms with Crippen molar-refractivity contribution in [3.63, 3.8) is 0 Å². The fraction of sp³-hybridized carbons (Fsp3) is 0.438. The lowest BCUT2D eigenvalue weighted by molar-refractivity contribution is -0.114. The van der Waals surface area contributed by atoms with Gasteiger partial charge in [0.2, 0.25) is 0 Å². The second-order valence-electron chi connectivity index (χ2n) is 5.79. The molecular weight excluding hydrogens is 224 g/mol. The van der Waals surface area contributed by atoms with Crippen molar-refractivity contribution in [3.8, 4) is 5.75 Å². The Morgan fingerprint density at radius 2 is 2.11 bits per heavy atom. The van der Waals surface area contributed by atoms with Crippen molar-refractivity contribution in [1.82, 2.24) is 0 Å². The van der Waals surface area contributed by atoms with E-state index >= 15 is 0 Å². The number of carbonyl (C=O) groups excluding carboxylic acids is 1. The third-order valence-corrected chi connectivity index (χ3v) is 3.63. The standard InChI is InChI=1S/C16H18O2/c1-16(2)10-12-9-11(7-8-15(12)18-16)13-5-3-4-6-14(13)17/h5,7-9H,3-4,6,10H2,1-2H3. The summed E-state index contributed by atoms with van der Waals surface area (Å²) in [5, 5.41) is 0. The van der Waals surface area contributed by atoms with Gasteiger partial charge in [0.05, 0.1) is 0 Å². The van der Waals surface area contributed by atoms with E-state index in [0.29, 0.717) is 6.42 Å². The van der Waals surface area contributed by atoms with Crippen LogP contribution < -0.4 is 4.74 Å². The van der Waals surface area contributed by atoms with Crippen LogP contribution in [0.4, 0.5) is 0 Å². The summed E-state index contributed by atoms with van der Waals surface area (Å²) in [5.41, 5.74) is 3.05. The number of ether oxygens (including phenoxy) is 1. The summed E-state index contributed by atoms with van der Waals surface area (Å²) in [4.78, 5) is 11.9. The number of ketones is 1. The van der Waals surface area contributed by atoms with Crippen LogP contribution in [-0.4, -0.2) is 11.4 Å². The van der Waals surface area contributed by atoms with Crippen LogP contribution in [0.1, 0.15) is 44.2 Å². The number of hydrogen-bond acceptors (Lipinski definition) is 2. The van der Waals surface area contributed by atoms with Crippen LogP contribution in [0.2, 0.25) is 0 Å². The molecule has 0 radical (unpaired) electrons. The molecule has 0 saturated carbocycles. The van der Waals surface area contributed by atoms with Gasteiger partial charge in [0.15, 0.2) is 5.78 Å². The van der Waals surface area contributed by atoms with Crippen LogP contribution in [0, 0.1) is 0 Å². The third-order valence-electron chi connectivity index (χ3n) is 3.63. The summed E-state index contributed by atoms with van der Waals surface area (Å²) >= 11 is 0. The Bertz CT molecular complexity index is 538. The molecule has 0 aromatic heterocycles. The zero-order valence-corrected chi connectivity index (χ0v) is 11.0. The summed E-state index contributed by atoms with van der Waals surface area (Å²) in [6.07, 6.45) is 5.68. The van der Waals surface area contributed by atoms with Gasteiger partial charge in [-0.15, -0.1) is 0 Å². The average molecular weight is 242 g/mol. The number of carbonyl (C=O) groups is 1. The molecule has 1 aliphatic carbocycles. The van der Waals surface area contributed by atoms with Gasteiger partial charge < -0.3 is 4.74 Å². The highest BCUT2D eigenvalue weighted by Crippen LogP contribution is 2.37. The van der Waals surface area contributed by atoms with E-state index in [4.69, 9.17) is 4.74 Å². The van der Waals surface area contributed by atoms with E-state index in [1.807, 2.05) is 12.1 Å². The van der Waals surface area contributed by atoms with Crippen molar-refractivity contribution in [3.05, 3.63) is 35.4 Å². The van der Waals surface area contributed by atoms with E-state index in [2.05, 4.69) is 26.0 Å². The Labute approximate surface area is 108 Å². The van der Waals surface area contributed by atoms with Crippen LogP contribution in [0.25, 0.3) is 5.57 Å². The largest absolute Gasteiger partial charge is 0.487 e. The summed E-state index contributed by atoms with van der Waals surface area (Å²) in [7, 11) is 0. The van der Waals surface area contributed by atoms with Gasteiger partial charge in [0.25, 0.3) is 0 Å². The van der Waals surface area contributed by atoms with Crippen LogP contribution in [0.5, 0.6) is 5.75 Å². The van der Waals surface area contributed by atoms with Gasteiger partial charge in [-0.2, -0.15) is 0 Å². The topological polar surface area (TPSA) is 26.3 Å². The van der Waals surface area contributed by atoms with Crippen molar-refractivity contribution in [2.75, 3.05) is 0 Å². The van der Waals surface area contributed by atoms with Crippen LogP contribution in [0.3, 0.4) is 0 Å². The molecule has 2 aliphatic rings. The van der Waals surface area contributed by atoms with Crippen molar-refractivity contribution < 1.29 is 9.53 Å². The molecule has 18 heavy (non-hydrogen) atoms. The lowest BCUT2D eigenvalue weighted by Gasteiger charge is -2.16. The van der Waals surface area contributed by atoms with Crippen molar-refractivity contribution in [2.45, 2.75) is 45.1 Å². The van der Waals surface area contributed by atoms with Crippen LogP contribution in [0.15, 0.2) is 24.3 Å². The lowest BCUT2D eigenvalue weighted by atomic mass is 9.90. The summed E-state index contributed by atoms with van der Waals surface area (Å²) < 4.78 is 5.86. The van der Waals surface area contributed by atoms with Gasteiger partial charge in [0.1, 0.15) is 11.4 Å². The Morgan fingerprint density at radius 1 is 1.28 bits per heavy atom. The van der Waals surface area contributed by atoms with E-state index in [-0.39, 0.29) is 11.4 Å². The Kier molecular flexibility index (Phi) is 2.54. The van der Waals surface area contributed by atoms with Gasteiger partial charge in [-0.25, -0.2) is 0 Å². The molecule has 0 fully saturated rings. The highest BCUT2D eigenvalue weighted by atomic mass is 16.5. The quantitative estimate of drug-likeness (QED) is 0.753. The first kappa shape index (κ1) is 11.5. The Balaban J connectivity index is 1.97. The SMILES string of the molecule is CC1(C)Cc2cc(C3=CCCCC3=O)ccc2O1. The van der Waals surface area contributed by atoms with Gasteiger partial charge in [0, 0.05) is 18.4 Å². The van der Waals surface area contributed by atoms with E-state index in [0.717, 1.165) is 36.1 Å². The van der Waals surface area contributed by atoms with Crippen molar-refractivity contribution in [1.29, 1.82) is 0 Å². The first-order chi connectivity index (χ1) is 8.55. The van der Waals surface area contributed by atoms with Crippen molar-refractivity contribution >= 4 is 11.4 Å². The molecule has 0 unspecified atom stereocenters. The van der Waals surface area contributed by atoms with Gasteiger partial charge in [-0.1, -0.05) is 12.1 Å². The minimum Gasteiger partial charge on any atom is -0.487 e. The maximum Gasteiger partial charge on any atom is 0.163 e. The van der Waals surface area contributed by atoms with Gasteiger partial charge in [-0.3, -0.25) is 4.79 Å².